The first kappa shape index (κ1) is 16.0. The van der Waals surface area contributed by atoms with Gasteiger partial charge in [0.2, 0.25) is 0 Å². The molecule has 0 amide bonds. The van der Waals surface area contributed by atoms with Gasteiger partial charge in [-0.05, 0) is 39.5 Å². The molecule has 0 spiro atoms. The molecule has 5 nitrogen and oxygen atoms in total. The number of nitrogens with zero attached hydrogens (tertiary/aromatic N) is 2. The summed E-state index contributed by atoms with van der Waals surface area (Å²) in [6.45, 7) is 10.2. The molecule has 0 saturated carbocycles. The van der Waals surface area contributed by atoms with Gasteiger partial charge in [0.05, 0.1) is 5.60 Å². The fourth-order valence-electron chi connectivity index (χ4n) is 3.03. The van der Waals surface area contributed by atoms with Crippen molar-refractivity contribution in [2.45, 2.75) is 65.0 Å². The highest BCUT2D eigenvalue weighted by atomic mass is 16.5. The van der Waals surface area contributed by atoms with Crippen LogP contribution in [0.5, 0.6) is 0 Å². The lowest BCUT2D eigenvalue weighted by atomic mass is 9.86. The van der Waals surface area contributed by atoms with Crippen molar-refractivity contribution >= 4 is 11.6 Å². The molecule has 1 unspecified atom stereocenters. The second-order valence-corrected chi connectivity index (χ2v) is 5.80. The highest BCUT2D eigenvalue weighted by Gasteiger charge is 2.34. The maximum atomic E-state index is 6.04. The number of aromatic nitrogens is 2. The zero-order valence-electron chi connectivity index (χ0n) is 13.7. The van der Waals surface area contributed by atoms with Gasteiger partial charge in [0.15, 0.2) is 0 Å². The third-order valence-corrected chi connectivity index (χ3v) is 4.55. The Labute approximate surface area is 127 Å². The van der Waals surface area contributed by atoms with Crippen LogP contribution in [0, 0.1) is 6.92 Å². The van der Waals surface area contributed by atoms with E-state index < -0.39 is 0 Å². The van der Waals surface area contributed by atoms with E-state index >= 15 is 0 Å². The Morgan fingerprint density at radius 2 is 1.95 bits per heavy atom. The molecule has 1 saturated heterocycles. The monoisotopic (exact) mass is 292 g/mol. The number of hydrogen-bond donors (Lipinski definition) is 2. The Bertz CT molecular complexity index is 460. The van der Waals surface area contributed by atoms with E-state index in [1.54, 1.807) is 6.33 Å². The summed E-state index contributed by atoms with van der Waals surface area (Å²) in [5.74, 6) is 1.85. The average Bonchev–Trinajstić information content (AvgIpc) is 2.51. The van der Waals surface area contributed by atoms with Crippen LogP contribution in [-0.4, -0.2) is 34.8 Å². The third-order valence-electron chi connectivity index (χ3n) is 4.55. The summed E-state index contributed by atoms with van der Waals surface area (Å²) in [4.78, 5) is 8.71. The second kappa shape index (κ2) is 7.07. The first-order chi connectivity index (χ1) is 10.1. The van der Waals surface area contributed by atoms with Crippen molar-refractivity contribution in [2.24, 2.45) is 0 Å². The molecule has 1 fully saturated rings. The largest absolute Gasteiger partial charge is 0.375 e. The normalized spacial score (nSPS) is 21.0. The molecule has 1 aromatic heterocycles. The first-order valence-corrected chi connectivity index (χ1v) is 8.10. The van der Waals surface area contributed by atoms with Crippen molar-refractivity contribution in [2.75, 3.05) is 23.8 Å². The Morgan fingerprint density at radius 1 is 1.24 bits per heavy atom. The number of hydrogen-bond acceptors (Lipinski definition) is 5. The molecule has 1 aliphatic rings. The summed E-state index contributed by atoms with van der Waals surface area (Å²) in [5.41, 5.74) is 1.12. The van der Waals surface area contributed by atoms with Crippen LogP contribution in [-0.2, 0) is 4.74 Å². The van der Waals surface area contributed by atoms with Crippen molar-refractivity contribution in [1.82, 2.24) is 9.97 Å². The van der Waals surface area contributed by atoms with Crippen LogP contribution < -0.4 is 10.6 Å². The van der Waals surface area contributed by atoms with E-state index in [1.807, 2.05) is 0 Å². The Morgan fingerprint density at radius 3 is 2.62 bits per heavy atom. The molecule has 118 valence electrons. The lowest BCUT2D eigenvalue weighted by molar-refractivity contribution is -0.0864. The maximum absolute atomic E-state index is 6.04. The topological polar surface area (TPSA) is 59.1 Å². The summed E-state index contributed by atoms with van der Waals surface area (Å²) in [6.07, 6.45) is 5.82. The van der Waals surface area contributed by atoms with E-state index in [0.29, 0.717) is 6.04 Å². The van der Waals surface area contributed by atoms with Gasteiger partial charge >= 0.3 is 0 Å². The van der Waals surface area contributed by atoms with Gasteiger partial charge in [0.1, 0.15) is 18.0 Å². The number of ether oxygens (including phenoxy) is 1. The molecule has 1 aromatic rings. The predicted molar refractivity (Wildman–Crippen MR) is 86.8 cm³/mol. The SMILES string of the molecule is CCNc1ncnc(NC2CCOC(CC)(CC)C2)c1C. The number of rotatable bonds is 6. The predicted octanol–water partition coefficient (Wildman–Crippen LogP) is 3.37. The lowest BCUT2D eigenvalue weighted by Gasteiger charge is -2.40. The summed E-state index contributed by atoms with van der Waals surface area (Å²) in [5, 5.41) is 6.88. The molecule has 2 rings (SSSR count). The van der Waals surface area contributed by atoms with Crippen LogP contribution in [0.2, 0.25) is 0 Å². The van der Waals surface area contributed by atoms with Gasteiger partial charge in [0.25, 0.3) is 0 Å². The van der Waals surface area contributed by atoms with Crippen LogP contribution in [0.1, 0.15) is 52.0 Å². The molecule has 2 N–H and O–H groups in total. The molecule has 5 heteroatoms. The average molecular weight is 292 g/mol. The Balaban J connectivity index is 2.09. The maximum Gasteiger partial charge on any atom is 0.134 e. The van der Waals surface area contributed by atoms with Crippen LogP contribution in [0.3, 0.4) is 0 Å². The van der Waals surface area contributed by atoms with Crippen molar-refractivity contribution in [3.63, 3.8) is 0 Å². The van der Waals surface area contributed by atoms with E-state index in [0.717, 1.165) is 56.0 Å². The summed E-state index contributed by atoms with van der Waals surface area (Å²) >= 11 is 0. The van der Waals surface area contributed by atoms with Crippen molar-refractivity contribution in [1.29, 1.82) is 0 Å². The minimum Gasteiger partial charge on any atom is -0.375 e. The molecule has 21 heavy (non-hydrogen) atoms. The van der Waals surface area contributed by atoms with Crippen LogP contribution in [0.25, 0.3) is 0 Å². The smallest absolute Gasteiger partial charge is 0.134 e. The summed E-state index contributed by atoms with van der Waals surface area (Å²) < 4.78 is 6.04. The van der Waals surface area contributed by atoms with Gasteiger partial charge in [-0.25, -0.2) is 9.97 Å². The lowest BCUT2D eigenvalue weighted by Crippen LogP contribution is -2.43. The minimum absolute atomic E-state index is 0.0291. The van der Waals surface area contributed by atoms with E-state index in [9.17, 15) is 0 Å². The van der Waals surface area contributed by atoms with Crippen LogP contribution in [0.15, 0.2) is 6.33 Å². The molecule has 0 aromatic carbocycles. The summed E-state index contributed by atoms with van der Waals surface area (Å²) in [6, 6.07) is 0.418. The zero-order valence-corrected chi connectivity index (χ0v) is 13.7. The second-order valence-electron chi connectivity index (χ2n) is 5.80. The van der Waals surface area contributed by atoms with E-state index in [4.69, 9.17) is 4.74 Å². The fraction of sp³-hybridized carbons (Fsp3) is 0.750. The quantitative estimate of drug-likeness (QED) is 0.842. The Hall–Kier alpha value is -1.36. The van der Waals surface area contributed by atoms with Crippen molar-refractivity contribution in [3.05, 3.63) is 11.9 Å². The van der Waals surface area contributed by atoms with Crippen LogP contribution >= 0.6 is 0 Å². The molecule has 0 bridgehead atoms. The highest BCUT2D eigenvalue weighted by molar-refractivity contribution is 5.56. The molecule has 2 heterocycles. The number of nitrogens with one attached hydrogen (secondary N) is 2. The molecule has 1 atom stereocenters. The molecule has 1 aliphatic heterocycles. The fourth-order valence-corrected chi connectivity index (χ4v) is 3.03. The van der Waals surface area contributed by atoms with E-state index in [2.05, 4.69) is 48.3 Å². The zero-order chi connectivity index (χ0) is 15.3. The van der Waals surface area contributed by atoms with Gasteiger partial charge in [-0.3, -0.25) is 0 Å². The Kier molecular flexibility index (Phi) is 5.39. The molecule has 0 aliphatic carbocycles. The van der Waals surface area contributed by atoms with Gasteiger partial charge in [-0.2, -0.15) is 0 Å². The standard InChI is InChI=1S/C16H28N4O/c1-5-16(6-2)10-13(8-9-21-16)20-15-12(4)14(17-7-3)18-11-19-15/h11,13H,5-10H2,1-4H3,(H2,17,18,19,20). The molecular formula is C16H28N4O. The van der Waals surface area contributed by atoms with Crippen LogP contribution in [0.4, 0.5) is 11.6 Å². The van der Waals surface area contributed by atoms with Crippen molar-refractivity contribution < 1.29 is 4.74 Å². The minimum atomic E-state index is 0.0291. The first-order valence-electron chi connectivity index (χ1n) is 8.10. The van der Waals surface area contributed by atoms with E-state index in [-0.39, 0.29) is 5.60 Å². The van der Waals surface area contributed by atoms with Gasteiger partial charge in [0, 0.05) is 24.8 Å². The van der Waals surface area contributed by atoms with Gasteiger partial charge in [-0.1, -0.05) is 13.8 Å². The third kappa shape index (κ3) is 3.64. The van der Waals surface area contributed by atoms with Crippen molar-refractivity contribution in [3.8, 4) is 0 Å². The highest BCUT2D eigenvalue weighted by Crippen LogP contribution is 2.33. The molecular weight excluding hydrogens is 264 g/mol. The summed E-state index contributed by atoms with van der Waals surface area (Å²) in [7, 11) is 0. The van der Waals surface area contributed by atoms with Gasteiger partial charge in [-0.15, -0.1) is 0 Å². The molecule has 0 radical (unpaired) electrons. The number of anilines is 2. The van der Waals surface area contributed by atoms with Gasteiger partial charge < -0.3 is 15.4 Å². The van der Waals surface area contributed by atoms with E-state index in [1.165, 1.54) is 0 Å².